The van der Waals surface area contributed by atoms with Crippen molar-refractivity contribution in [1.82, 2.24) is 19.8 Å². The first kappa shape index (κ1) is 19.6. The Bertz CT molecular complexity index is 731. The van der Waals surface area contributed by atoms with Gasteiger partial charge in [-0.05, 0) is 19.3 Å². The van der Waals surface area contributed by atoms with E-state index in [1.54, 1.807) is 6.92 Å². The highest BCUT2D eigenvalue weighted by atomic mass is 16.2. The maximum absolute atomic E-state index is 12.7. The van der Waals surface area contributed by atoms with Gasteiger partial charge in [-0.25, -0.2) is 9.97 Å². The Labute approximate surface area is 161 Å². The molecule has 7 heteroatoms. The molecule has 0 N–H and O–H groups in total. The minimum Gasteiger partial charge on any atom is -0.362 e. The monoisotopic (exact) mass is 373 g/mol. The van der Waals surface area contributed by atoms with Crippen molar-refractivity contribution in [2.45, 2.75) is 59.0 Å². The van der Waals surface area contributed by atoms with Crippen molar-refractivity contribution >= 4 is 17.6 Å². The van der Waals surface area contributed by atoms with E-state index in [-0.39, 0.29) is 23.8 Å². The lowest BCUT2D eigenvalue weighted by Crippen LogP contribution is -2.42. The van der Waals surface area contributed by atoms with Gasteiger partial charge >= 0.3 is 0 Å². The number of amides is 2. The van der Waals surface area contributed by atoms with E-state index < -0.39 is 0 Å². The number of fused-ring (bicyclic) bond motifs is 1. The largest absolute Gasteiger partial charge is 0.362 e. The summed E-state index contributed by atoms with van der Waals surface area (Å²) in [7, 11) is 3.94. The molecule has 27 heavy (non-hydrogen) atoms. The molecule has 1 aromatic heterocycles. The van der Waals surface area contributed by atoms with Crippen molar-refractivity contribution in [1.29, 1.82) is 0 Å². The summed E-state index contributed by atoms with van der Waals surface area (Å²) in [6.45, 7) is 7.51. The fourth-order valence-corrected chi connectivity index (χ4v) is 4.00. The molecule has 2 amide bonds. The zero-order chi connectivity index (χ0) is 19.7. The van der Waals surface area contributed by atoms with Crippen LogP contribution in [-0.4, -0.2) is 58.8 Å². The predicted molar refractivity (Wildman–Crippen MR) is 104 cm³/mol. The van der Waals surface area contributed by atoms with Gasteiger partial charge in [-0.15, -0.1) is 0 Å². The quantitative estimate of drug-likeness (QED) is 0.812. The number of aromatic nitrogens is 2. The molecular weight excluding hydrogens is 342 g/mol. The lowest BCUT2D eigenvalue weighted by atomic mass is 9.98. The number of piperidine rings is 1. The average Bonchev–Trinajstić information content (AvgIpc) is 2.65. The first-order chi connectivity index (χ1) is 12.8. The van der Waals surface area contributed by atoms with Crippen LogP contribution in [0.4, 0.5) is 5.82 Å². The van der Waals surface area contributed by atoms with Gasteiger partial charge in [0.1, 0.15) is 5.82 Å². The van der Waals surface area contributed by atoms with Crippen LogP contribution in [0.5, 0.6) is 0 Å². The summed E-state index contributed by atoms with van der Waals surface area (Å²) in [5.74, 6) is 1.84. The molecular formula is C20H31N5O2. The van der Waals surface area contributed by atoms with Crippen LogP contribution in [-0.2, 0) is 22.6 Å². The Morgan fingerprint density at radius 1 is 1.15 bits per heavy atom. The van der Waals surface area contributed by atoms with Gasteiger partial charge in [0.15, 0.2) is 5.82 Å². The van der Waals surface area contributed by atoms with E-state index >= 15 is 0 Å². The zero-order valence-electron chi connectivity index (χ0n) is 17.2. The summed E-state index contributed by atoms with van der Waals surface area (Å²) in [6.07, 6.45) is 3.76. The Balaban J connectivity index is 2.00. The molecule has 0 aromatic carbocycles. The minimum atomic E-state index is -0.0523. The number of hydrogen-bond acceptors (Lipinski definition) is 5. The third kappa shape index (κ3) is 3.92. The van der Waals surface area contributed by atoms with E-state index in [1.807, 2.05) is 42.6 Å². The fourth-order valence-electron chi connectivity index (χ4n) is 4.00. The molecule has 0 unspecified atom stereocenters. The predicted octanol–water partition coefficient (Wildman–Crippen LogP) is 2.16. The van der Waals surface area contributed by atoms with Gasteiger partial charge in [0.25, 0.3) is 0 Å². The summed E-state index contributed by atoms with van der Waals surface area (Å²) in [5.41, 5.74) is 2.05. The topological polar surface area (TPSA) is 69.6 Å². The SMILES string of the molecule is CC(=O)N1CCc2nc([C@@H]3CCCCN3C(=O)C(C)C)nc(N(C)C)c2C1. The second-order valence-corrected chi connectivity index (χ2v) is 8.11. The molecule has 148 valence electrons. The number of likely N-dealkylation sites (tertiary alicyclic amines) is 1. The second kappa shape index (κ2) is 7.82. The zero-order valence-corrected chi connectivity index (χ0v) is 17.2. The summed E-state index contributed by atoms with van der Waals surface area (Å²) < 4.78 is 0. The molecule has 0 spiro atoms. The molecule has 0 aliphatic carbocycles. The van der Waals surface area contributed by atoms with Crippen LogP contribution in [0.1, 0.15) is 63.2 Å². The van der Waals surface area contributed by atoms with Gasteiger partial charge in [0.05, 0.1) is 18.3 Å². The molecule has 2 aliphatic rings. The minimum absolute atomic E-state index is 0.0272. The summed E-state index contributed by atoms with van der Waals surface area (Å²) >= 11 is 0. The Kier molecular flexibility index (Phi) is 5.67. The molecule has 2 aliphatic heterocycles. The van der Waals surface area contributed by atoms with Crippen molar-refractivity contribution in [3.63, 3.8) is 0 Å². The average molecular weight is 374 g/mol. The number of rotatable bonds is 3. The van der Waals surface area contributed by atoms with Crippen LogP contribution in [0.15, 0.2) is 0 Å². The van der Waals surface area contributed by atoms with E-state index in [2.05, 4.69) is 0 Å². The van der Waals surface area contributed by atoms with Gasteiger partial charge in [-0.1, -0.05) is 13.8 Å². The highest BCUT2D eigenvalue weighted by molar-refractivity contribution is 5.78. The van der Waals surface area contributed by atoms with Crippen LogP contribution in [0, 0.1) is 5.92 Å². The van der Waals surface area contributed by atoms with Crippen molar-refractivity contribution in [3.05, 3.63) is 17.1 Å². The molecule has 1 aromatic rings. The van der Waals surface area contributed by atoms with Crippen molar-refractivity contribution in [2.75, 3.05) is 32.1 Å². The third-order valence-electron chi connectivity index (χ3n) is 5.50. The standard InChI is InChI=1S/C20H31N5O2/c1-13(2)20(27)25-10-7-6-8-17(25)18-21-16-9-11-24(14(3)26)12-15(16)19(22-18)23(4)5/h13,17H,6-12H2,1-5H3/t17-/m0/s1. The molecule has 0 saturated carbocycles. The van der Waals surface area contributed by atoms with Crippen LogP contribution in [0.3, 0.4) is 0 Å². The summed E-state index contributed by atoms with van der Waals surface area (Å²) in [4.78, 5) is 40.1. The van der Waals surface area contributed by atoms with Crippen LogP contribution < -0.4 is 4.90 Å². The lowest BCUT2D eigenvalue weighted by Gasteiger charge is -2.37. The molecule has 3 rings (SSSR count). The highest BCUT2D eigenvalue weighted by Crippen LogP contribution is 2.33. The van der Waals surface area contributed by atoms with Gasteiger partial charge in [-0.2, -0.15) is 0 Å². The van der Waals surface area contributed by atoms with Crippen molar-refractivity contribution < 1.29 is 9.59 Å². The first-order valence-corrected chi connectivity index (χ1v) is 9.92. The van der Waals surface area contributed by atoms with Crippen LogP contribution in [0.25, 0.3) is 0 Å². The second-order valence-electron chi connectivity index (χ2n) is 8.11. The van der Waals surface area contributed by atoms with E-state index in [9.17, 15) is 9.59 Å². The van der Waals surface area contributed by atoms with Gasteiger partial charge < -0.3 is 14.7 Å². The molecule has 1 fully saturated rings. The Hall–Kier alpha value is -2.18. The van der Waals surface area contributed by atoms with Crippen LogP contribution >= 0.6 is 0 Å². The fraction of sp³-hybridized carbons (Fsp3) is 0.700. The molecule has 0 radical (unpaired) electrons. The number of nitrogens with zero attached hydrogens (tertiary/aromatic N) is 5. The molecule has 1 saturated heterocycles. The van der Waals surface area contributed by atoms with E-state index in [0.29, 0.717) is 13.1 Å². The highest BCUT2D eigenvalue weighted by Gasteiger charge is 2.33. The molecule has 7 nitrogen and oxygen atoms in total. The van der Waals surface area contributed by atoms with Crippen molar-refractivity contribution in [2.24, 2.45) is 5.92 Å². The maximum atomic E-state index is 12.7. The third-order valence-corrected chi connectivity index (χ3v) is 5.50. The summed E-state index contributed by atoms with van der Waals surface area (Å²) in [6, 6.07) is -0.0523. The molecule has 1 atom stereocenters. The lowest BCUT2D eigenvalue weighted by molar-refractivity contribution is -0.138. The van der Waals surface area contributed by atoms with E-state index in [1.165, 1.54) is 0 Å². The van der Waals surface area contributed by atoms with Gasteiger partial charge in [-0.3, -0.25) is 9.59 Å². The number of hydrogen-bond donors (Lipinski definition) is 0. The van der Waals surface area contributed by atoms with Gasteiger partial charge in [0, 0.05) is 52.0 Å². The normalized spacial score (nSPS) is 19.9. The molecule has 3 heterocycles. The van der Waals surface area contributed by atoms with E-state index in [0.717, 1.165) is 55.1 Å². The number of anilines is 1. The smallest absolute Gasteiger partial charge is 0.225 e. The number of carbonyl (C=O) groups is 2. The first-order valence-electron chi connectivity index (χ1n) is 9.92. The Morgan fingerprint density at radius 2 is 1.89 bits per heavy atom. The van der Waals surface area contributed by atoms with E-state index in [4.69, 9.17) is 9.97 Å². The van der Waals surface area contributed by atoms with Crippen LogP contribution in [0.2, 0.25) is 0 Å². The summed E-state index contributed by atoms with van der Waals surface area (Å²) in [5, 5.41) is 0. The van der Waals surface area contributed by atoms with Crippen molar-refractivity contribution in [3.8, 4) is 0 Å². The van der Waals surface area contributed by atoms with Gasteiger partial charge in [0.2, 0.25) is 11.8 Å². The number of carbonyl (C=O) groups excluding carboxylic acids is 2. The molecule has 0 bridgehead atoms. The maximum Gasteiger partial charge on any atom is 0.225 e. The Morgan fingerprint density at radius 3 is 2.52 bits per heavy atom.